The van der Waals surface area contributed by atoms with E-state index < -0.39 is 17.4 Å². The molecule has 0 saturated carbocycles. The lowest BCUT2D eigenvalue weighted by Crippen LogP contribution is -2.31. The molecule has 0 fully saturated rings. The molecule has 3 N–H and O–H groups in total. The van der Waals surface area contributed by atoms with E-state index in [1.807, 2.05) is 31.2 Å². The maximum absolute atomic E-state index is 12.6. The van der Waals surface area contributed by atoms with Crippen LogP contribution in [0.25, 0.3) is 11.2 Å². The van der Waals surface area contributed by atoms with E-state index in [4.69, 9.17) is 4.74 Å². The van der Waals surface area contributed by atoms with Crippen LogP contribution in [0, 0.1) is 12.8 Å². The van der Waals surface area contributed by atoms with Crippen LogP contribution in [0.5, 0.6) is 5.75 Å². The molecule has 0 aliphatic heterocycles. The Bertz CT molecular complexity index is 1180. The summed E-state index contributed by atoms with van der Waals surface area (Å²) in [5.74, 6) is 1.60. The monoisotopic (exact) mass is 457 g/mol. The molecule has 0 bridgehead atoms. The zero-order valence-electron chi connectivity index (χ0n) is 19.9. The minimum atomic E-state index is -0.887. The van der Waals surface area contributed by atoms with Gasteiger partial charge in [-0.3, -0.25) is 14.3 Å². The Labute approximate surface area is 193 Å². The average Bonchev–Trinajstić information content (AvgIpc) is 3.15. The van der Waals surface area contributed by atoms with Crippen molar-refractivity contribution in [2.24, 2.45) is 13.0 Å². The Morgan fingerprint density at radius 2 is 2.06 bits per heavy atom. The Kier molecular flexibility index (Phi) is 8.32. The molecule has 0 unspecified atom stereocenters. The highest BCUT2D eigenvalue weighted by Gasteiger charge is 2.20. The van der Waals surface area contributed by atoms with E-state index >= 15 is 0 Å². The number of anilines is 1. The van der Waals surface area contributed by atoms with Gasteiger partial charge < -0.3 is 19.7 Å². The highest BCUT2D eigenvalue weighted by Crippen LogP contribution is 2.19. The second-order valence-electron chi connectivity index (χ2n) is 8.62. The molecule has 0 amide bonds. The second-order valence-corrected chi connectivity index (χ2v) is 8.62. The van der Waals surface area contributed by atoms with Gasteiger partial charge in [-0.1, -0.05) is 45.2 Å². The molecule has 0 radical (unpaired) electrons. The van der Waals surface area contributed by atoms with Crippen LogP contribution in [0.1, 0.15) is 45.1 Å². The lowest BCUT2D eigenvalue weighted by molar-refractivity contribution is 0.0938. The Hall–Kier alpha value is -3.07. The van der Waals surface area contributed by atoms with Crippen LogP contribution < -0.4 is 21.3 Å². The third-order valence-corrected chi connectivity index (χ3v) is 5.92. The average molecular weight is 458 g/mol. The maximum Gasteiger partial charge on any atom is 0.329 e. The van der Waals surface area contributed by atoms with E-state index in [2.05, 4.69) is 29.1 Å². The molecule has 0 aliphatic rings. The molecule has 2 aromatic heterocycles. The molecular weight excluding hydrogens is 422 g/mol. The van der Waals surface area contributed by atoms with Gasteiger partial charge >= 0.3 is 5.69 Å². The Balaban J connectivity index is 1.85. The molecule has 2 atom stereocenters. The lowest BCUT2D eigenvalue weighted by atomic mass is 9.99. The van der Waals surface area contributed by atoms with Crippen molar-refractivity contribution >= 4 is 17.1 Å². The topological polar surface area (TPSA) is 114 Å². The highest BCUT2D eigenvalue weighted by molar-refractivity contribution is 5.74. The molecular formula is C24H35N5O4. The number of hydrogen-bond acceptors (Lipinski definition) is 6. The van der Waals surface area contributed by atoms with Gasteiger partial charge in [-0.05, 0) is 37.0 Å². The molecule has 180 valence electrons. The SMILES string of the molecule is CCCC[C@@H](CC)CNc1nc2c(c(=O)[nH]c(=O)n2C)n1C[C@@H](O)COc1cccc(C)c1. The molecule has 2 heterocycles. The molecule has 33 heavy (non-hydrogen) atoms. The summed E-state index contributed by atoms with van der Waals surface area (Å²) in [7, 11) is 1.56. The minimum absolute atomic E-state index is 0.0559. The quantitative estimate of drug-likeness (QED) is 0.385. The number of aryl methyl sites for hydroxylation is 2. The first-order chi connectivity index (χ1) is 15.8. The van der Waals surface area contributed by atoms with Gasteiger partial charge in [0.05, 0.1) is 6.54 Å². The van der Waals surface area contributed by atoms with Gasteiger partial charge in [-0.25, -0.2) is 4.79 Å². The smallest absolute Gasteiger partial charge is 0.329 e. The van der Waals surface area contributed by atoms with E-state index in [-0.39, 0.29) is 24.3 Å². The molecule has 1 aromatic carbocycles. The van der Waals surface area contributed by atoms with Crippen LogP contribution in [0.3, 0.4) is 0 Å². The van der Waals surface area contributed by atoms with Crippen LogP contribution >= 0.6 is 0 Å². The molecule has 3 aromatic rings. The maximum atomic E-state index is 12.6. The fourth-order valence-electron chi connectivity index (χ4n) is 3.89. The fourth-order valence-corrected chi connectivity index (χ4v) is 3.89. The van der Waals surface area contributed by atoms with Gasteiger partial charge in [0.2, 0.25) is 5.95 Å². The number of aromatic amines is 1. The number of hydrogen-bond donors (Lipinski definition) is 3. The lowest BCUT2D eigenvalue weighted by Gasteiger charge is -2.18. The van der Waals surface area contributed by atoms with Gasteiger partial charge in [0.1, 0.15) is 18.5 Å². The van der Waals surface area contributed by atoms with E-state index in [9.17, 15) is 14.7 Å². The standard InChI is InChI=1S/C24H35N5O4/c1-5-7-10-17(6-2)13-25-23-26-21-20(22(31)27-24(32)28(21)4)29(23)14-18(30)15-33-19-11-8-9-16(3)12-19/h8-9,11-12,17-18,30H,5-7,10,13-15H2,1-4H3,(H,25,26)(H,27,31,32)/t17-,18-/m1/s1. The van der Waals surface area contributed by atoms with E-state index in [0.717, 1.165) is 31.2 Å². The van der Waals surface area contributed by atoms with Crippen molar-refractivity contribution in [2.75, 3.05) is 18.5 Å². The molecule has 3 rings (SSSR count). The number of nitrogens with zero attached hydrogens (tertiary/aromatic N) is 3. The minimum Gasteiger partial charge on any atom is -0.491 e. The van der Waals surface area contributed by atoms with E-state index in [1.54, 1.807) is 11.6 Å². The fraction of sp³-hybridized carbons (Fsp3) is 0.542. The number of imidazole rings is 1. The molecule has 0 aliphatic carbocycles. The van der Waals surface area contributed by atoms with Crippen LogP contribution in [0.2, 0.25) is 0 Å². The number of aromatic nitrogens is 4. The summed E-state index contributed by atoms with van der Waals surface area (Å²) in [6.45, 7) is 7.15. The van der Waals surface area contributed by atoms with Gasteiger partial charge in [-0.2, -0.15) is 4.98 Å². The number of H-pyrrole nitrogens is 1. The number of benzene rings is 1. The third-order valence-electron chi connectivity index (χ3n) is 5.92. The van der Waals surface area contributed by atoms with E-state index in [1.165, 1.54) is 4.57 Å². The van der Waals surface area contributed by atoms with Gasteiger partial charge in [-0.15, -0.1) is 0 Å². The molecule has 0 saturated heterocycles. The zero-order chi connectivity index (χ0) is 24.0. The summed E-state index contributed by atoms with van der Waals surface area (Å²) >= 11 is 0. The number of rotatable bonds is 12. The third kappa shape index (κ3) is 6.04. The van der Waals surface area contributed by atoms with Crippen molar-refractivity contribution in [2.45, 2.75) is 59.1 Å². The summed E-state index contributed by atoms with van der Waals surface area (Å²) in [6.07, 6.45) is 3.53. The van der Waals surface area contributed by atoms with Crippen molar-refractivity contribution in [3.63, 3.8) is 0 Å². The largest absolute Gasteiger partial charge is 0.491 e. The van der Waals surface area contributed by atoms with Crippen LogP contribution in [0.4, 0.5) is 5.95 Å². The Morgan fingerprint density at radius 3 is 2.76 bits per heavy atom. The number of aliphatic hydroxyl groups is 1. The predicted octanol–water partition coefficient (Wildman–Crippen LogP) is 2.80. The summed E-state index contributed by atoms with van der Waals surface area (Å²) in [5, 5.41) is 14.1. The number of ether oxygens (including phenoxy) is 1. The molecule has 0 spiro atoms. The molecule has 9 heteroatoms. The van der Waals surface area contributed by atoms with Crippen LogP contribution in [-0.2, 0) is 13.6 Å². The van der Waals surface area contributed by atoms with Crippen molar-refractivity contribution in [1.29, 1.82) is 0 Å². The van der Waals surface area contributed by atoms with Gasteiger partial charge in [0, 0.05) is 13.6 Å². The van der Waals surface area contributed by atoms with Crippen LogP contribution in [0.15, 0.2) is 33.9 Å². The summed E-state index contributed by atoms with van der Waals surface area (Å²) in [4.78, 5) is 31.6. The van der Waals surface area contributed by atoms with Crippen LogP contribution in [-0.4, -0.2) is 43.5 Å². The Morgan fingerprint density at radius 1 is 1.27 bits per heavy atom. The van der Waals surface area contributed by atoms with Crippen molar-refractivity contribution in [1.82, 2.24) is 19.1 Å². The normalized spacial score (nSPS) is 13.2. The first-order valence-electron chi connectivity index (χ1n) is 11.6. The van der Waals surface area contributed by atoms with E-state index in [0.29, 0.717) is 24.2 Å². The van der Waals surface area contributed by atoms with Gasteiger partial charge in [0.25, 0.3) is 5.56 Å². The summed E-state index contributed by atoms with van der Waals surface area (Å²) in [6, 6.07) is 7.60. The number of unbranched alkanes of at least 4 members (excludes halogenated alkanes) is 1. The molecule has 9 nitrogen and oxygen atoms in total. The predicted molar refractivity (Wildman–Crippen MR) is 130 cm³/mol. The van der Waals surface area contributed by atoms with Crippen molar-refractivity contribution in [3.8, 4) is 5.75 Å². The van der Waals surface area contributed by atoms with Gasteiger partial charge in [0.15, 0.2) is 11.2 Å². The summed E-state index contributed by atoms with van der Waals surface area (Å²) < 4.78 is 8.69. The zero-order valence-corrected chi connectivity index (χ0v) is 19.9. The first-order valence-corrected chi connectivity index (χ1v) is 11.6. The number of nitrogens with one attached hydrogen (secondary N) is 2. The number of aliphatic hydroxyl groups excluding tert-OH is 1. The first kappa shape index (κ1) is 24.6. The summed E-state index contributed by atoms with van der Waals surface area (Å²) in [5.41, 5.74) is 0.533. The second kappa shape index (κ2) is 11.2. The van der Waals surface area contributed by atoms with Crippen molar-refractivity contribution in [3.05, 3.63) is 50.7 Å². The number of fused-ring (bicyclic) bond motifs is 1. The van der Waals surface area contributed by atoms with Crippen molar-refractivity contribution < 1.29 is 9.84 Å². The highest BCUT2D eigenvalue weighted by atomic mass is 16.5.